The monoisotopic (exact) mass is 375 g/mol. The lowest BCUT2D eigenvalue weighted by molar-refractivity contribution is -0.304. The Morgan fingerprint density at radius 1 is 1.19 bits per heavy atom. The summed E-state index contributed by atoms with van der Waals surface area (Å²) in [6.07, 6.45) is 0.0639. The van der Waals surface area contributed by atoms with Gasteiger partial charge in [-0.05, 0) is 0 Å². The number of ether oxygens (including phenoxy) is 5. The molecule has 2 aliphatic heterocycles. The third-order valence-electron chi connectivity index (χ3n) is 4.84. The third kappa shape index (κ3) is 3.46. The van der Waals surface area contributed by atoms with E-state index in [0.29, 0.717) is 13.2 Å². The smallest absolute Gasteiger partial charge is 0.360 e. The molecular weight excluding hydrogens is 354 g/mol. The molecule has 2 fully saturated rings. The number of methoxy groups -OCH3 is 2. The Bertz CT molecular complexity index is 782. The molecule has 144 valence electrons. The number of aromatic nitrogens is 3. The van der Waals surface area contributed by atoms with E-state index in [1.807, 2.05) is 30.3 Å². The van der Waals surface area contributed by atoms with Crippen LogP contribution in [0.4, 0.5) is 0 Å². The van der Waals surface area contributed by atoms with Gasteiger partial charge in [0.1, 0.15) is 24.4 Å². The molecule has 0 aliphatic carbocycles. The number of hydrogen-bond donors (Lipinski definition) is 0. The molecule has 1 aromatic carbocycles. The van der Waals surface area contributed by atoms with E-state index in [9.17, 15) is 4.79 Å². The maximum atomic E-state index is 11.7. The van der Waals surface area contributed by atoms with Crippen LogP contribution >= 0.6 is 0 Å². The summed E-state index contributed by atoms with van der Waals surface area (Å²) in [6, 6.07) is 9.37. The van der Waals surface area contributed by atoms with Crippen LogP contribution in [-0.4, -0.2) is 66.7 Å². The molecule has 0 N–H and O–H groups in total. The van der Waals surface area contributed by atoms with Crippen LogP contribution < -0.4 is 0 Å². The van der Waals surface area contributed by atoms with Gasteiger partial charge in [0.05, 0.1) is 26.5 Å². The number of esters is 1. The molecule has 9 heteroatoms. The van der Waals surface area contributed by atoms with E-state index in [2.05, 4.69) is 10.3 Å². The van der Waals surface area contributed by atoms with Crippen molar-refractivity contribution in [2.24, 2.45) is 0 Å². The number of rotatable bonds is 4. The second-order valence-electron chi connectivity index (χ2n) is 6.39. The molecule has 1 aromatic heterocycles. The van der Waals surface area contributed by atoms with E-state index < -0.39 is 12.3 Å². The van der Waals surface area contributed by atoms with Gasteiger partial charge in [0.25, 0.3) is 0 Å². The lowest BCUT2D eigenvalue weighted by Gasteiger charge is -2.45. The Morgan fingerprint density at radius 3 is 2.74 bits per heavy atom. The fourth-order valence-electron chi connectivity index (χ4n) is 3.45. The Hall–Kier alpha value is -2.33. The van der Waals surface area contributed by atoms with Gasteiger partial charge in [-0.3, -0.25) is 0 Å². The highest BCUT2D eigenvalue weighted by molar-refractivity contribution is 5.86. The van der Waals surface area contributed by atoms with Crippen molar-refractivity contribution in [3.05, 3.63) is 47.8 Å². The Morgan fingerprint density at radius 2 is 2.00 bits per heavy atom. The molecule has 3 heterocycles. The maximum absolute atomic E-state index is 11.7. The van der Waals surface area contributed by atoms with Crippen LogP contribution in [0.1, 0.15) is 28.4 Å². The quantitative estimate of drug-likeness (QED) is 0.734. The molecule has 2 aliphatic rings. The molecule has 0 spiro atoms. The van der Waals surface area contributed by atoms with Gasteiger partial charge < -0.3 is 23.7 Å². The molecule has 0 radical (unpaired) electrons. The second kappa shape index (κ2) is 7.73. The van der Waals surface area contributed by atoms with E-state index in [4.69, 9.17) is 23.7 Å². The van der Waals surface area contributed by atoms with Gasteiger partial charge in [0, 0.05) is 12.7 Å². The highest BCUT2D eigenvalue weighted by atomic mass is 16.7. The topological polar surface area (TPSA) is 93.9 Å². The summed E-state index contributed by atoms with van der Waals surface area (Å²) < 4.78 is 29.8. The van der Waals surface area contributed by atoms with E-state index in [-0.39, 0.29) is 30.0 Å². The molecule has 27 heavy (non-hydrogen) atoms. The summed E-state index contributed by atoms with van der Waals surface area (Å²) in [7, 11) is 2.91. The molecule has 1 unspecified atom stereocenters. The van der Waals surface area contributed by atoms with Crippen molar-refractivity contribution in [2.75, 3.05) is 27.4 Å². The van der Waals surface area contributed by atoms with Crippen molar-refractivity contribution in [2.45, 2.75) is 30.6 Å². The van der Waals surface area contributed by atoms with Gasteiger partial charge in [-0.1, -0.05) is 35.5 Å². The first-order chi connectivity index (χ1) is 13.2. The van der Waals surface area contributed by atoms with Crippen LogP contribution in [0.2, 0.25) is 0 Å². The maximum Gasteiger partial charge on any atom is 0.360 e. The first-order valence-electron chi connectivity index (χ1n) is 8.68. The van der Waals surface area contributed by atoms with E-state index in [1.165, 1.54) is 7.11 Å². The summed E-state index contributed by atoms with van der Waals surface area (Å²) in [5.74, 6) is -0.547. The number of fused-ring (bicyclic) bond motifs is 1. The van der Waals surface area contributed by atoms with Gasteiger partial charge in [-0.25, -0.2) is 9.48 Å². The predicted octanol–water partition coefficient (Wildman–Crippen LogP) is 1.13. The van der Waals surface area contributed by atoms with Gasteiger partial charge in [0.2, 0.25) is 0 Å². The van der Waals surface area contributed by atoms with Gasteiger partial charge >= 0.3 is 5.97 Å². The molecule has 9 nitrogen and oxygen atoms in total. The average Bonchev–Trinajstić information content (AvgIpc) is 3.22. The SMILES string of the molecule is COC(=O)c1cn([C@H]2[C@H]3OC(c4ccccc4)OC[C@H]3OC[C@@H]2OC)nn1. The largest absolute Gasteiger partial charge is 0.464 e. The van der Waals surface area contributed by atoms with Crippen LogP contribution in [0.25, 0.3) is 0 Å². The molecule has 2 saturated heterocycles. The number of hydrogen-bond acceptors (Lipinski definition) is 8. The van der Waals surface area contributed by atoms with E-state index >= 15 is 0 Å². The van der Waals surface area contributed by atoms with Crippen LogP contribution in [0.15, 0.2) is 36.5 Å². The Balaban J connectivity index is 1.62. The molecule has 4 rings (SSSR count). The van der Waals surface area contributed by atoms with Crippen molar-refractivity contribution in [1.29, 1.82) is 0 Å². The van der Waals surface area contributed by atoms with Gasteiger partial charge in [-0.15, -0.1) is 5.10 Å². The molecule has 0 amide bonds. The minimum atomic E-state index is -0.547. The standard InChI is InChI=1S/C18H21N3O6/c1-23-13-9-25-14-10-26-18(11-6-4-3-5-7-11)27-16(14)15(13)21-8-12(19-20-21)17(22)24-2/h3-8,13-16,18H,9-10H2,1-2H3/t13-,14+,15+,16-,18?/m0/s1. The van der Waals surface area contributed by atoms with Crippen LogP contribution in [0.3, 0.4) is 0 Å². The number of carbonyl (C=O) groups excluding carboxylic acids is 1. The minimum Gasteiger partial charge on any atom is -0.464 e. The summed E-state index contributed by atoms with van der Waals surface area (Å²) in [6.45, 7) is 0.744. The van der Waals surface area contributed by atoms with Crippen LogP contribution in [0.5, 0.6) is 0 Å². The lowest BCUT2D eigenvalue weighted by Crippen LogP contribution is -2.56. The number of carbonyl (C=O) groups is 1. The zero-order valence-corrected chi connectivity index (χ0v) is 15.1. The first-order valence-corrected chi connectivity index (χ1v) is 8.68. The van der Waals surface area contributed by atoms with Crippen molar-refractivity contribution < 1.29 is 28.5 Å². The second-order valence-corrected chi connectivity index (χ2v) is 6.39. The minimum absolute atomic E-state index is 0.127. The number of benzene rings is 1. The highest BCUT2D eigenvalue weighted by Crippen LogP contribution is 2.37. The van der Waals surface area contributed by atoms with Crippen molar-refractivity contribution in [1.82, 2.24) is 15.0 Å². The van der Waals surface area contributed by atoms with E-state index in [0.717, 1.165) is 5.56 Å². The highest BCUT2D eigenvalue weighted by Gasteiger charge is 2.47. The Kier molecular flexibility index (Phi) is 5.17. The van der Waals surface area contributed by atoms with E-state index in [1.54, 1.807) is 18.0 Å². The molecule has 5 atom stereocenters. The van der Waals surface area contributed by atoms with Crippen molar-refractivity contribution in [3.8, 4) is 0 Å². The Labute approximate surface area is 156 Å². The fraction of sp³-hybridized carbons (Fsp3) is 0.500. The lowest BCUT2D eigenvalue weighted by atomic mass is 9.96. The summed E-state index contributed by atoms with van der Waals surface area (Å²) in [5.41, 5.74) is 1.05. The van der Waals surface area contributed by atoms with Gasteiger partial charge in [-0.2, -0.15) is 0 Å². The predicted molar refractivity (Wildman–Crippen MR) is 90.9 cm³/mol. The molecule has 0 saturated carbocycles. The number of nitrogens with zero attached hydrogens (tertiary/aromatic N) is 3. The molecule has 2 aromatic rings. The average molecular weight is 375 g/mol. The van der Waals surface area contributed by atoms with Crippen molar-refractivity contribution in [3.63, 3.8) is 0 Å². The normalized spacial score (nSPS) is 30.5. The van der Waals surface area contributed by atoms with Crippen molar-refractivity contribution >= 4 is 5.97 Å². The van der Waals surface area contributed by atoms with Crippen LogP contribution in [0, 0.1) is 0 Å². The fourth-order valence-corrected chi connectivity index (χ4v) is 3.45. The third-order valence-corrected chi connectivity index (χ3v) is 4.84. The molecular formula is C18H21N3O6. The summed E-state index contributed by atoms with van der Waals surface area (Å²) in [5, 5.41) is 8.01. The summed E-state index contributed by atoms with van der Waals surface area (Å²) >= 11 is 0. The first kappa shape index (κ1) is 18.1. The zero-order chi connectivity index (χ0) is 18.8. The zero-order valence-electron chi connectivity index (χ0n) is 15.1. The molecule has 0 bridgehead atoms. The summed E-state index contributed by atoms with van der Waals surface area (Å²) in [4.78, 5) is 11.7. The van der Waals surface area contributed by atoms with Crippen LogP contribution in [-0.2, 0) is 23.7 Å². The van der Waals surface area contributed by atoms with Gasteiger partial charge in [0.15, 0.2) is 12.0 Å².